The summed E-state index contributed by atoms with van der Waals surface area (Å²) in [7, 11) is 2.07. The van der Waals surface area contributed by atoms with Crippen LogP contribution in [-0.4, -0.2) is 12.3 Å². The normalized spacial score (nSPS) is 25.1. The highest BCUT2D eigenvalue weighted by atomic mass is 32.2. The van der Waals surface area contributed by atoms with Crippen molar-refractivity contribution in [2.24, 2.45) is 0 Å². The molecule has 1 nitrogen and oxygen atoms in total. The summed E-state index contributed by atoms with van der Waals surface area (Å²) < 4.78 is 0. The van der Waals surface area contributed by atoms with Crippen molar-refractivity contribution in [3.8, 4) is 0 Å². The first-order valence-corrected chi connectivity index (χ1v) is 6.57. The molecule has 2 atom stereocenters. The zero-order valence-electron chi connectivity index (χ0n) is 9.92. The molecule has 82 valence electrons. The van der Waals surface area contributed by atoms with Gasteiger partial charge in [-0.1, -0.05) is 24.6 Å². The molecule has 2 unspecified atom stereocenters. The SMILES string of the molecule is CNC1c2c(C)cc(C)cc2CSC1C. The molecule has 1 N–H and O–H groups in total. The second-order valence-electron chi connectivity index (χ2n) is 4.44. The summed E-state index contributed by atoms with van der Waals surface area (Å²) in [6, 6.07) is 5.15. The van der Waals surface area contributed by atoms with Crippen LogP contribution in [0, 0.1) is 13.8 Å². The van der Waals surface area contributed by atoms with Crippen LogP contribution >= 0.6 is 11.8 Å². The second kappa shape index (κ2) is 4.18. The fourth-order valence-electron chi connectivity index (χ4n) is 2.56. The Balaban J connectivity index is 2.52. The number of benzene rings is 1. The maximum atomic E-state index is 3.45. The molecule has 0 saturated carbocycles. The predicted molar refractivity (Wildman–Crippen MR) is 68.5 cm³/mol. The average Bonchev–Trinajstić information content (AvgIpc) is 2.18. The number of fused-ring (bicyclic) bond motifs is 1. The van der Waals surface area contributed by atoms with Crippen LogP contribution in [0.1, 0.15) is 35.2 Å². The van der Waals surface area contributed by atoms with Crippen LogP contribution in [0.2, 0.25) is 0 Å². The maximum Gasteiger partial charge on any atom is 0.0441 e. The van der Waals surface area contributed by atoms with E-state index in [-0.39, 0.29) is 0 Å². The summed E-state index contributed by atoms with van der Waals surface area (Å²) in [6.45, 7) is 6.73. The van der Waals surface area contributed by atoms with Crippen molar-refractivity contribution in [3.63, 3.8) is 0 Å². The Hall–Kier alpha value is -0.470. The van der Waals surface area contributed by atoms with Crippen molar-refractivity contribution >= 4 is 11.8 Å². The number of hydrogen-bond acceptors (Lipinski definition) is 2. The Morgan fingerprint density at radius 1 is 1.33 bits per heavy atom. The molecule has 0 fully saturated rings. The standard InChI is InChI=1S/C13H19NS/c1-8-5-9(2)12-11(6-8)7-15-10(3)13(12)14-4/h5-6,10,13-14H,7H2,1-4H3. The largest absolute Gasteiger partial charge is 0.312 e. The topological polar surface area (TPSA) is 12.0 Å². The van der Waals surface area contributed by atoms with E-state index in [0.717, 1.165) is 5.75 Å². The lowest BCUT2D eigenvalue weighted by Gasteiger charge is -2.32. The van der Waals surface area contributed by atoms with Crippen LogP contribution in [-0.2, 0) is 5.75 Å². The van der Waals surface area contributed by atoms with Gasteiger partial charge in [-0.2, -0.15) is 11.8 Å². The maximum absolute atomic E-state index is 3.45. The highest BCUT2D eigenvalue weighted by Gasteiger charge is 2.27. The van der Waals surface area contributed by atoms with E-state index in [2.05, 4.69) is 45.3 Å². The van der Waals surface area contributed by atoms with Gasteiger partial charge in [0.2, 0.25) is 0 Å². The van der Waals surface area contributed by atoms with Gasteiger partial charge in [0.1, 0.15) is 0 Å². The molecule has 1 aromatic rings. The average molecular weight is 221 g/mol. The summed E-state index contributed by atoms with van der Waals surface area (Å²) in [4.78, 5) is 0. The van der Waals surface area contributed by atoms with E-state index in [4.69, 9.17) is 0 Å². The van der Waals surface area contributed by atoms with E-state index in [1.54, 1.807) is 0 Å². The zero-order valence-corrected chi connectivity index (χ0v) is 10.7. The molecule has 1 aliphatic heterocycles. The highest BCUT2D eigenvalue weighted by Crippen LogP contribution is 2.39. The third kappa shape index (κ3) is 1.93. The first-order valence-electron chi connectivity index (χ1n) is 5.52. The number of hydrogen-bond donors (Lipinski definition) is 1. The van der Waals surface area contributed by atoms with Crippen molar-refractivity contribution in [1.29, 1.82) is 0 Å². The van der Waals surface area contributed by atoms with Gasteiger partial charge in [0.25, 0.3) is 0 Å². The Morgan fingerprint density at radius 3 is 2.73 bits per heavy atom. The highest BCUT2D eigenvalue weighted by molar-refractivity contribution is 7.99. The predicted octanol–water partition coefficient (Wildman–Crippen LogP) is 3.20. The minimum Gasteiger partial charge on any atom is -0.312 e. The smallest absolute Gasteiger partial charge is 0.0441 e. The molecule has 0 aliphatic carbocycles. The third-order valence-corrected chi connectivity index (χ3v) is 4.49. The number of nitrogens with one attached hydrogen (secondary N) is 1. The van der Waals surface area contributed by atoms with Gasteiger partial charge in [0.05, 0.1) is 0 Å². The van der Waals surface area contributed by atoms with Gasteiger partial charge in [-0.05, 0) is 37.6 Å². The lowest BCUT2D eigenvalue weighted by atomic mass is 9.92. The Morgan fingerprint density at radius 2 is 2.07 bits per heavy atom. The quantitative estimate of drug-likeness (QED) is 0.781. The monoisotopic (exact) mass is 221 g/mol. The van der Waals surface area contributed by atoms with Crippen molar-refractivity contribution in [3.05, 3.63) is 34.4 Å². The van der Waals surface area contributed by atoms with E-state index in [9.17, 15) is 0 Å². The molecule has 0 saturated heterocycles. The molecule has 0 bridgehead atoms. The summed E-state index contributed by atoms with van der Waals surface area (Å²) in [6.07, 6.45) is 0. The van der Waals surface area contributed by atoms with E-state index in [0.29, 0.717) is 11.3 Å². The van der Waals surface area contributed by atoms with Gasteiger partial charge < -0.3 is 5.32 Å². The first-order chi connectivity index (χ1) is 7.13. The molecule has 2 rings (SSSR count). The fraction of sp³-hybridized carbons (Fsp3) is 0.538. The summed E-state index contributed by atoms with van der Waals surface area (Å²) in [5.74, 6) is 1.16. The van der Waals surface area contributed by atoms with Crippen LogP contribution in [0.4, 0.5) is 0 Å². The summed E-state index contributed by atoms with van der Waals surface area (Å²) in [5.41, 5.74) is 5.89. The molecular formula is C13H19NS. The molecular weight excluding hydrogens is 202 g/mol. The van der Waals surface area contributed by atoms with Crippen LogP contribution in [0.15, 0.2) is 12.1 Å². The molecule has 0 aromatic heterocycles. The lowest BCUT2D eigenvalue weighted by Crippen LogP contribution is -2.30. The Bertz CT molecular complexity index is 373. The third-order valence-electron chi connectivity index (χ3n) is 3.21. The van der Waals surface area contributed by atoms with Gasteiger partial charge >= 0.3 is 0 Å². The Kier molecular flexibility index (Phi) is 3.08. The van der Waals surface area contributed by atoms with E-state index in [1.165, 1.54) is 22.3 Å². The molecule has 1 aromatic carbocycles. The van der Waals surface area contributed by atoms with Crippen molar-refractivity contribution < 1.29 is 0 Å². The van der Waals surface area contributed by atoms with E-state index < -0.39 is 0 Å². The molecule has 0 amide bonds. The second-order valence-corrected chi connectivity index (χ2v) is 5.80. The van der Waals surface area contributed by atoms with E-state index in [1.807, 2.05) is 11.8 Å². The lowest BCUT2D eigenvalue weighted by molar-refractivity contribution is 0.576. The van der Waals surface area contributed by atoms with Crippen molar-refractivity contribution in [2.75, 3.05) is 7.05 Å². The van der Waals surface area contributed by atoms with Crippen LogP contribution in [0.3, 0.4) is 0 Å². The summed E-state index contributed by atoms with van der Waals surface area (Å²) in [5, 5.41) is 4.12. The first kappa shape index (κ1) is 11.0. The van der Waals surface area contributed by atoms with Crippen LogP contribution < -0.4 is 5.32 Å². The van der Waals surface area contributed by atoms with Gasteiger partial charge in [-0.15, -0.1) is 0 Å². The molecule has 15 heavy (non-hydrogen) atoms. The van der Waals surface area contributed by atoms with Gasteiger partial charge in [0.15, 0.2) is 0 Å². The van der Waals surface area contributed by atoms with Crippen molar-refractivity contribution in [1.82, 2.24) is 5.32 Å². The van der Waals surface area contributed by atoms with Gasteiger partial charge in [-0.3, -0.25) is 0 Å². The number of rotatable bonds is 1. The van der Waals surface area contributed by atoms with Gasteiger partial charge in [-0.25, -0.2) is 0 Å². The summed E-state index contributed by atoms with van der Waals surface area (Å²) >= 11 is 2.05. The molecule has 2 heteroatoms. The van der Waals surface area contributed by atoms with Gasteiger partial charge in [0, 0.05) is 17.0 Å². The number of aryl methyl sites for hydroxylation is 2. The zero-order chi connectivity index (χ0) is 11.0. The molecule has 0 spiro atoms. The van der Waals surface area contributed by atoms with E-state index >= 15 is 0 Å². The Labute approximate surface area is 96.7 Å². The number of thioether (sulfide) groups is 1. The molecule has 1 aliphatic rings. The molecule has 1 heterocycles. The fourth-order valence-corrected chi connectivity index (χ4v) is 3.71. The van der Waals surface area contributed by atoms with Crippen LogP contribution in [0.25, 0.3) is 0 Å². The van der Waals surface area contributed by atoms with Crippen molar-refractivity contribution in [2.45, 2.75) is 37.8 Å². The minimum absolute atomic E-state index is 0.513. The van der Waals surface area contributed by atoms with Crippen LogP contribution in [0.5, 0.6) is 0 Å². The molecule has 0 radical (unpaired) electrons. The minimum atomic E-state index is 0.513.